The molecular formula is C24H25ClN4O2. The van der Waals surface area contributed by atoms with E-state index in [-0.39, 0.29) is 17.4 Å². The Morgan fingerprint density at radius 3 is 2.74 bits per heavy atom. The van der Waals surface area contributed by atoms with Crippen LogP contribution >= 0.6 is 11.6 Å². The van der Waals surface area contributed by atoms with Gasteiger partial charge in [0, 0.05) is 29.9 Å². The predicted octanol–water partition coefficient (Wildman–Crippen LogP) is 4.36. The molecule has 1 atom stereocenters. The summed E-state index contributed by atoms with van der Waals surface area (Å²) in [6.07, 6.45) is 1.70. The number of hydrogen-bond acceptors (Lipinski definition) is 4. The minimum atomic E-state index is -0.229. The fourth-order valence-electron chi connectivity index (χ4n) is 3.95. The SMILES string of the molecule is Cc1ccc(NC(=O)[C@H]2CCCN(c3ccc(=O)n(-c4cccc(Cl)c4)n3)C2)c(C)c1. The van der Waals surface area contributed by atoms with Crippen LogP contribution in [0.4, 0.5) is 11.5 Å². The monoisotopic (exact) mass is 436 g/mol. The van der Waals surface area contributed by atoms with Crippen LogP contribution in [0.3, 0.4) is 0 Å². The van der Waals surface area contributed by atoms with Gasteiger partial charge in [-0.25, -0.2) is 0 Å². The first-order valence-corrected chi connectivity index (χ1v) is 10.8. The highest BCUT2D eigenvalue weighted by atomic mass is 35.5. The molecule has 0 unspecified atom stereocenters. The Labute approximate surface area is 186 Å². The van der Waals surface area contributed by atoms with Crippen molar-refractivity contribution in [2.75, 3.05) is 23.3 Å². The number of hydrogen-bond donors (Lipinski definition) is 1. The summed E-state index contributed by atoms with van der Waals surface area (Å²) in [5.41, 5.74) is 3.45. The van der Waals surface area contributed by atoms with Crippen LogP contribution in [0.15, 0.2) is 59.4 Å². The molecule has 4 rings (SSSR count). The minimum Gasteiger partial charge on any atom is -0.354 e. The summed E-state index contributed by atoms with van der Waals surface area (Å²) >= 11 is 6.08. The van der Waals surface area contributed by atoms with E-state index in [1.54, 1.807) is 30.3 Å². The molecule has 31 heavy (non-hydrogen) atoms. The Kier molecular flexibility index (Phi) is 6.09. The maximum atomic E-state index is 12.9. The summed E-state index contributed by atoms with van der Waals surface area (Å²) in [6.45, 7) is 5.37. The van der Waals surface area contributed by atoms with Gasteiger partial charge in [0.25, 0.3) is 5.56 Å². The first kappa shape index (κ1) is 21.1. The number of halogens is 1. The van der Waals surface area contributed by atoms with Crippen molar-refractivity contribution in [2.45, 2.75) is 26.7 Å². The Bertz CT molecular complexity index is 1170. The molecule has 3 aromatic rings. The van der Waals surface area contributed by atoms with E-state index in [0.29, 0.717) is 23.1 Å². The summed E-state index contributed by atoms with van der Waals surface area (Å²) in [7, 11) is 0. The smallest absolute Gasteiger partial charge is 0.271 e. The molecule has 0 saturated carbocycles. The lowest BCUT2D eigenvalue weighted by Crippen LogP contribution is -2.41. The van der Waals surface area contributed by atoms with Gasteiger partial charge in [-0.15, -0.1) is 5.10 Å². The molecule has 1 aliphatic rings. The molecule has 2 heterocycles. The molecule has 1 amide bonds. The standard InChI is InChI=1S/C24H25ClN4O2/c1-16-8-9-21(17(2)13-16)26-24(31)18-5-4-12-28(15-18)22-10-11-23(30)29(27-22)20-7-3-6-19(25)14-20/h3,6-11,13-14,18H,4-5,12,15H2,1-2H3,(H,26,31)/t18-/m0/s1. The van der Waals surface area contributed by atoms with Gasteiger partial charge >= 0.3 is 0 Å². The fraction of sp³-hybridized carbons (Fsp3) is 0.292. The van der Waals surface area contributed by atoms with E-state index in [0.717, 1.165) is 30.6 Å². The number of aryl methyl sites for hydroxylation is 2. The van der Waals surface area contributed by atoms with Gasteiger partial charge in [-0.1, -0.05) is 35.4 Å². The largest absolute Gasteiger partial charge is 0.354 e. The second-order valence-corrected chi connectivity index (χ2v) is 8.45. The first-order chi connectivity index (χ1) is 14.9. The van der Waals surface area contributed by atoms with Crippen LogP contribution in [0.1, 0.15) is 24.0 Å². The molecular weight excluding hydrogens is 412 g/mol. The molecule has 1 aromatic heterocycles. The van der Waals surface area contributed by atoms with Crippen LogP contribution < -0.4 is 15.8 Å². The van der Waals surface area contributed by atoms with Crippen LogP contribution in [-0.2, 0) is 4.79 Å². The molecule has 0 radical (unpaired) electrons. The van der Waals surface area contributed by atoms with Crippen molar-refractivity contribution in [3.8, 4) is 5.69 Å². The average Bonchev–Trinajstić information content (AvgIpc) is 2.76. The lowest BCUT2D eigenvalue weighted by atomic mass is 9.96. The third-order valence-corrected chi connectivity index (χ3v) is 5.83. The highest BCUT2D eigenvalue weighted by Crippen LogP contribution is 2.24. The number of piperidine rings is 1. The first-order valence-electron chi connectivity index (χ1n) is 10.4. The fourth-order valence-corrected chi connectivity index (χ4v) is 4.14. The van der Waals surface area contributed by atoms with Crippen molar-refractivity contribution < 1.29 is 4.79 Å². The van der Waals surface area contributed by atoms with Gasteiger partial charge in [-0.05, 0) is 62.6 Å². The van der Waals surface area contributed by atoms with Gasteiger partial charge < -0.3 is 10.2 Å². The van der Waals surface area contributed by atoms with Crippen molar-refractivity contribution in [1.29, 1.82) is 0 Å². The molecule has 2 aromatic carbocycles. The lowest BCUT2D eigenvalue weighted by molar-refractivity contribution is -0.120. The zero-order valence-electron chi connectivity index (χ0n) is 17.6. The number of anilines is 2. The molecule has 0 bridgehead atoms. The zero-order valence-corrected chi connectivity index (χ0v) is 18.4. The minimum absolute atomic E-state index is 0.0137. The normalized spacial score (nSPS) is 16.2. The van der Waals surface area contributed by atoms with Gasteiger partial charge in [-0.2, -0.15) is 4.68 Å². The van der Waals surface area contributed by atoms with Gasteiger partial charge in [0.15, 0.2) is 0 Å². The van der Waals surface area contributed by atoms with Crippen molar-refractivity contribution in [1.82, 2.24) is 9.78 Å². The molecule has 160 valence electrons. The number of benzene rings is 2. The summed E-state index contributed by atoms with van der Waals surface area (Å²) in [4.78, 5) is 27.4. The zero-order chi connectivity index (χ0) is 22.0. The van der Waals surface area contributed by atoms with Crippen molar-refractivity contribution in [2.24, 2.45) is 5.92 Å². The highest BCUT2D eigenvalue weighted by Gasteiger charge is 2.27. The van der Waals surface area contributed by atoms with Crippen LogP contribution in [-0.4, -0.2) is 28.8 Å². The Morgan fingerprint density at radius 1 is 1.13 bits per heavy atom. The molecule has 0 aliphatic carbocycles. The Hall–Kier alpha value is -3.12. The molecule has 1 aliphatic heterocycles. The summed E-state index contributed by atoms with van der Waals surface area (Å²) in [5, 5.41) is 8.16. The van der Waals surface area contributed by atoms with Gasteiger partial charge in [0.2, 0.25) is 5.91 Å². The van der Waals surface area contributed by atoms with E-state index >= 15 is 0 Å². The maximum Gasteiger partial charge on any atom is 0.271 e. The predicted molar refractivity (Wildman–Crippen MR) is 124 cm³/mol. The number of nitrogens with zero attached hydrogens (tertiary/aromatic N) is 3. The summed E-state index contributed by atoms with van der Waals surface area (Å²) in [6, 6.07) is 16.3. The Balaban J connectivity index is 1.52. The van der Waals surface area contributed by atoms with Crippen molar-refractivity contribution >= 4 is 29.0 Å². The molecule has 7 heteroatoms. The van der Waals surface area contributed by atoms with Crippen LogP contribution in [0.2, 0.25) is 5.02 Å². The van der Waals surface area contributed by atoms with Gasteiger partial charge in [-0.3, -0.25) is 9.59 Å². The van der Waals surface area contributed by atoms with E-state index in [1.807, 2.05) is 26.0 Å². The van der Waals surface area contributed by atoms with Crippen LogP contribution in [0.5, 0.6) is 0 Å². The average molecular weight is 437 g/mol. The third kappa shape index (κ3) is 4.80. The number of amides is 1. The topological polar surface area (TPSA) is 67.2 Å². The van der Waals surface area contributed by atoms with Gasteiger partial charge in [0.05, 0.1) is 11.6 Å². The molecule has 0 spiro atoms. The number of carbonyl (C=O) groups excluding carboxylic acids is 1. The second-order valence-electron chi connectivity index (χ2n) is 8.01. The summed E-state index contributed by atoms with van der Waals surface area (Å²) in [5.74, 6) is 0.534. The van der Waals surface area contributed by atoms with Crippen molar-refractivity contribution in [3.05, 3.63) is 81.1 Å². The quantitative estimate of drug-likeness (QED) is 0.660. The van der Waals surface area contributed by atoms with E-state index in [1.165, 1.54) is 16.3 Å². The van der Waals surface area contributed by atoms with E-state index < -0.39 is 0 Å². The number of rotatable bonds is 4. The second kappa shape index (κ2) is 8.94. The Morgan fingerprint density at radius 2 is 1.97 bits per heavy atom. The molecule has 1 fully saturated rings. The third-order valence-electron chi connectivity index (χ3n) is 5.59. The number of carbonyl (C=O) groups is 1. The van der Waals surface area contributed by atoms with E-state index in [4.69, 9.17) is 11.6 Å². The van der Waals surface area contributed by atoms with Gasteiger partial charge in [0.1, 0.15) is 5.82 Å². The number of nitrogens with one attached hydrogen (secondary N) is 1. The van der Waals surface area contributed by atoms with E-state index in [9.17, 15) is 9.59 Å². The summed E-state index contributed by atoms with van der Waals surface area (Å²) < 4.78 is 1.35. The molecule has 6 nitrogen and oxygen atoms in total. The van der Waals surface area contributed by atoms with E-state index in [2.05, 4.69) is 21.4 Å². The van der Waals surface area contributed by atoms with Crippen LogP contribution in [0.25, 0.3) is 5.69 Å². The maximum absolute atomic E-state index is 12.9. The highest BCUT2D eigenvalue weighted by molar-refractivity contribution is 6.30. The molecule has 1 N–H and O–H groups in total. The van der Waals surface area contributed by atoms with Crippen molar-refractivity contribution in [3.63, 3.8) is 0 Å². The lowest BCUT2D eigenvalue weighted by Gasteiger charge is -2.33. The van der Waals surface area contributed by atoms with Crippen LogP contribution in [0, 0.1) is 19.8 Å². The molecule has 1 saturated heterocycles. The number of aromatic nitrogens is 2.